The summed E-state index contributed by atoms with van der Waals surface area (Å²) in [5.74, 6) is -2.02. The van der Waals surface area contributed by atoms with E-state index < -0.39 is 29.9 Å². The predicted octanol–water partition coefficient (Wildman–Crippen LogP) is 1.88. The Kier molecular flexibility index (Phi) is 2.81. The fourth-order valence-electron chi connectivity index (χ4n) is 2.32. The zero-order valence-corrected chi connectivity index (χ0v) is 10.6. The third kappa shape index (κ3) is 1.79. The zero-order chi connectivity index (χ0) is 14.3. The van der Waals surface area contributed by atoms with Crippen molar-refractivity contribution in [1.82, 2.24) is 5.06 Å². The van der Waals surface area contributed by atoms with Crippen molar-refractivity contribution in [2.45, 2.75) is 19.3 Å². The standard InChI is InChI=1S/C14H12FNO4/c15-8-7-14(5-6-14)13(19)20-16-11(17)9-3-1-2-4-10(9)12(16)18/h1-4H,5-8H2. The molecular weight excluding hydrogens is 265 g/mol. The van der Waals surface area contributed by atoms with Gasteiger partial charge in [-0.2, -0.15) is 0 Å². The van der Waals surface area contributed by atoms with E-state index >= 15 is 0 Å². The molecule has 0 atom stereocenters. The zero-order valence-electron chi connectivity index (χ0n) is 10.6. The number of alkyl halides is 1. The number of amides is 2. The van der Waals surface area contributed by atoms with E-state index in [1.807, 2.05) is 0 Å². The molecule has 0 N–H and O–H groups in total. The van der Waals surface area contributed by atoms with Gasteiger partial charge in [-0.3, -0.25) is 14.0 Å². The number of hydroxylamine groups is 2. The van der Waals surface area contributed by atoms with Crippen molar-refractivity contribution in [2.24, 2.45) is 5.41 Å². The van der Waals surface area contributed by atoms with Gasteiger partial charge in [0.15, 0.2) is 0 Å². The minimum atomic E-state index is -0.857. The monoisotopic (exact) mass is 277 g/mol. The quantitative estimate of drug-likeness (QED) is 0.788. The van der Waals surface area contributed by atoms with Crippen molar-refractivity contribution in [1.29, 1.82) is 0 Å². The van der Waals surface area contributed by atoms with Gasteiger partial charge in [0.05, 0.1) is 23.2 Å². The summed E-state index contributed by atoms with van der Waals surface area (Å²) < 4.78 is 12.4. The van der Waals surface area contributed by atoms with Crippen molar-refractivity contribution in [3.63, 3.8) is 0 Å². The van der Waals surface area contributed by atoms with Crippen LogP contribution in [0.3, 0.4) is 0 Å². The van der Waals surface area contributed by atoms with Crippen molar-refractivity contribution in [3.05, 3.63) is 35.4 Å². The third-order valence-electron chi connectivity index (χ3n) is 3.79. The van der Waals surface area contributed by atoms with Crippen molar-refractivity contribution in [2.75, 3.05) is 6.67 Å². The molecule has 104 valence electrons. The van der Waals surface area contributed by atoms with E-state index in [1.54, 1.807) is 12.1 Å². The van der Waals surface area contributed by atoms with E-state index in [0.717, 1.165) is 0 Å². The molecule has 1 heterocycles. The Morgan fingerprint density at radius 1 is 1.20 bits per heavy atom. The maximum absolute atomic E-state index is 12.4. The Labute approximate surface area is 114 Å². The highest BCUT2D eigenvalue weighted by Gasteiger charge is 2.53. The minimum absolute atomic E-state index is 0.0645. The molecule has 0 unspecified atom stereocenters. The van der Waals surface area contributed by atoms with Crippen molar-refractivity contribution in [3.8, 4) is 0 Å². The van der Waals surface area contributed by atoms with Gasteiger partial charge in [-0.1, -0.05) is 17.2 Å². The van der Waals surface area contributed by atoms with Gasteiger partial charge in [-0.05, 0) is 31.4 Å². The molecule has 20 heavy (non-hydrogen) atoms. The van der Waals surface area contributed by atoms with Crippen LogP contribution in [0.1, 0.15) is 40.0 Å². The SMILES string of the molecule is O=C1c2ccccc2C(=O)N1OC(=O)C1(CCF)CC1. The fraction of sp³-hybridized carbons (Fsp3) is 0.357. The molecular formula is C14H12FNO4. The molecule has 1 fully saturated rings. The number of rotatable bonds is 4. The maximum Gasteiger partial charge on any atom is 0.339 e. The molecule has 1 aliphatic heterocycles. The lowest BCUT2D eigenvalue weighted by atomic mass is 10.0. The topological polar surface area (TPSA) is 63.7 Å². The molecule has 0 aromatic heterocycles. The molecule has 6 heteroatoms. The summed E-state index contributed by atoms with van der Waals surface area (Å²) >= 11 is 0. The molecule has 0 radical (unpaired) electrons. The highest BCUT2D eigenvalue weighted by Crippen LogP contribution is 2.50. The number of fused-ring (bicyclic) bond motifs is 1. The molecule has 0 bridgehead atoms. The predicted molar refractivity (Wildman–Crippen MR) is 65.3 cm³/mol. The van der Waals surface area contributed by atoms with Crippen LogP contribution < -0.4 is 0 Å². The second-order valence-electron chi connectivity index (χ2n) is 5.05. The summed E-state index contributed by atoms with van der Waals surface area (Å²) in [5, 5.41) is 0.477. The van der Waals surface area contributed by atoms with Gasteiger partial charge < -0.3 is 4.84 Å². The first-order valence-electron chi connectivity index (χ1n) is 6.35. The molecule has 2 aliphatic rings. The lowest BCUT2D eigenvalue weighted by Crippen LogP contribution is -2.35. The lowest BCUT2D eigenvalue weighted by molar-refractivity contribution is -0.176. The summed E-state index contributed by atoms with van der Waals surface area (Å²) in [7, 11) is 0. The van der Waals surface area contributed by atoms with Gasteiger partial charge in [0.2, 0.25) is 0 Å². The van der Waals surface area contributed by atoms with E-state index in [-0.39, 0.29) is 17.5 Å². The Balaban J connectivity index is 1.79. The minimum Gasteiger partial charge on any atom is -0.329 e. The normalized spacial score (nSPS) is 18.9. The van der Waals surface area contributed by atoms with Gasteiger partial charge >= 0.3 is 5.97 Å². The van der Waals surface area contributed by atoms with Crippen LogP contribution in [0.15, 0.2) is 24.3 Å². The van der Waals surface area contributed by atoms with E-state index in [9.17, 15) is 18.8 Å². The number of hydrogen-bond acceptors (Lipinski definition) is 4. The summed E-state index contributed by atoms with van der Waals surface area (Å²) in [4.78, 5) is 40.9. The van der Waals surface area contributed by atoms with E-state index in [0.29, 0.717) is 17.9 Å². The second kappa shape index (κ2) is 4.40. The largest absolute Gasteiger partial charge is 0.339 e. The fourth-order valence-corrected chi connectivity index (χ4v) is 2.32. The Morgan fingerprint density at radius 3 is 2.20 bits per heavy atom. The molecule has 0 spiro atoms. The first kappa shape index (κ1) is 12.8. The molecule has 1 saturated carbocycles. The average molecular weight is 277 g/mol. The molecule has 0 saturated heterocycles. The molecule has 2 amide bonds. The van der Waals surface area contributed by atoms with Crippen LogP contribution in [0.4, 0.5) is 4.39 Å². The number of carbonyl (C=O) groups excluding carboxylic acids is 3. The molecule has 1 aromatic rings. The van der Waals surface area contributed by atoms with Crippen molar-refractivity contribution >= 4 is 17.8 Å². The van der Waals surface area contributed by atoms with Crippen LogP contribution in [0.5, 0.6) is 0 Å². The highest BCUT2D eigenvalue weighted by molar-refractivity contribution is 6.20. The van der Waals surface area contributed by atoms with E-state index in [2.05, 4.69) is 0 Å². The van der Waals surface area contributed by atoms with Crippen molar-refractivity contribution < 1.29 is 23.6 Å². The van der Waals surface area contributed by atoms with Crippen LogP contribution in [0.25, 0.3) is 0 Å². The van der Waals surface area contributed by atoms with Crippen LogP contribution >= 0.6 is 0 Å². The van der Waals surface area contributed by atoms with E-state index in [4.69, 9.17) is 4.84 Å². The number of benzene rings is 1. The number of halogens is 1. The first-order valence-corrected chi connectivity index (χ1v) is 6.35. The Morgan fingerprint density at radius 2 is 1.75 bits per heavy atom. The smallest absolute Gasteiger partial charge is 0.329 e. The summed E-state index contributed by atoms with van der Waals surface area (Å²) in [6.45, 7) is -0.628. The molecule has 1 aliphatic carbocycles. The van der Waals surface area contributed by atoms with Crippen LogP contribution in [0.2, 0.25) is 0 Å². The number of imide groups is 1. The van der Waals surface area contributed by atoms with Gasteiger partial charge in [-0.25, -0.2) is 4.79 Å². The Bertz CT molecular complexity index is 574. The maximum atomic E-state index is 12.4. The first-order chi connectivity index (χ1) is 9.59. The summed E-state index contributed by atoms with van der Waals surface area (Å²) in [6, 6.07) is 6.25. The van der Waals surface area contributed by atoms with Crippen LogP contribution in [-0.4, -0.2) is 29.5 Å². The highest BCUT2D eigenvalue weighted by atomic mass is 19.1. The number of nitrogens with zero attached hydrogens (tertiary/aromatic N) is 1. The number of carbonyl (C=O) groups is 3. The van der Waals surface area contributed by atoms with Gasteiger partial charge in [0, 0.05) is 0 Å². The van der Waals surface area contributed by atoms with Gasteiger partial charge in [-0.15, -0.1) is 0 Å². The lowest BCUT2D eigenvalue weighted by Gasteiger charge is -2.17. The molecule has 1 aromatic carbocycles. The second-order valence-corrected chi connectivity index (χ2v) is 5.05. The van der Waals surface area contributed by atoms with Gasteiger partial charge in [0.25, 0.3) is 11.8 Å². The van der Waals surface area contributed by atoms with Crippen LogP contribution in [-0.2, 0) is 9.63 Å². The van der Waals surface area contributed by atoms with E-state index in [1.165, 1.54) is 12.1 Å². The van der Waals surface area contributed by atoms with Gasteiger partial charge in [0.1, 0.15) is 0 Å². The molecule has 3 rings (SSSR count). The summed E-state index contributed by atoms with van der Waals surface area (Å²) in [5.41, 5.74) is -0.439. The summed E-state index contributed by atoms with van der Waals surface area (Å²) in [6.07, 6.45) is 1.12. The third-order valence-corrected chi connectivity index (χ3v) is 3.79. The average Bonchev–Trinajstić information content (AvgIpc) is 3.20. The van der Waals surface area contributed by atoms with Crippen LogP contribution in [0, 0.1) is 5.41 Å². The number of hydrogen-bond donors (Lipinski definition) is 0. The Hall–Kier alpha value is -2.24. The molecule has 5 nitrogen and oxygen atoms in total.